The van der Waals surface area contributed by atoms with Crippen molar-refractivity contribution >= 4 is 45.0 Å². The molecule has 0 bridgehead atoms. The zero-order chi connectivity index (χ0) is 30.1. The first-order valence-corrected chi connectivity index (χ1v) is 14.8. The number of nitrogens with zero attached hydrogens (tertiary/aromatic N) is 5. The van der Waals surface area contributed by atoms with Crippen LogP contribution >= 0.6 is 11.6 Å². The topological polar surface area (TPSA) is 211 Å². The molecule has 4 heterocycles. The zero-order valence-electron chi connectivity index (χ0n) is 22.6. The predicted molar refractivity (Wildman–Crippen MR) is 155 cm³/mol. The summed E-state index contributed by atoms with van der Waals surface area (Å²) in [7, 11) is -3.89. The minimum absolute atomic E-state index is 0.0178. The Morgan fingerprint density at radius 1 is 1.14 bits per heavy atom. The Labute approximate surface area is 247 Å². The monoisotopic (exact) mass is 612 g/mol. The lowest BCUT2D eigenvalue weighted by atomic mass is 9.88. The standard InChI is InChI=1S/C26H29ClN10O4S/c1-15-11-31-17(12-30-15)13-33-42(40,41)18-4-2-3-16(9-18)25(39)37-7-5-26(6-8-37)14-32-20(36-26)10-19(38)21-23(28)35-24(29)22(27)34-21/h2-4,9-12,32-33,36H,5-8,13-14H2,1H3,(H4,28,29,35)/b20-10+. The third kappa shape index (κ3) is 6.27. The number of nitrogen functional groups attached to an aromatic ring is 2. The van der Waals surface area contributed by atoms with Gasteiger partial charge in [-0.15, -0.1) is 0 Å². The van der Waals surface area contributed by atoms with Gasteiger partial charge in [-0.05, 0) is 38.0 Å². The lowest BCUT2D eigenvalue weighted by Crippen LogP contribution is -2.53. The number of piperidine rings is 1. The third-order valence-corrected chi connectivity index (χ3v) is 8.78. The van der Waals surface area contributed by atoms with Gasteiger partial charge in [-0.2, -0.15) is 0 Å². The molecule has 0 atom stereocenters. The van der Waals surface area contributed by atoms with Gasteiger partial charge < -0.3 is 27.0 Å². The number of likely N-dealkylation sites (tertiary alicyclic amines) is 1. The van der Waals surface area contributed by atoms with E-state index in [1.54, 1.807) is 30.2 Å². The first-order valence-electron chi connectivity index (χ1n) is 13.0. The molecule has 0 radical (unpaired) electrons. The van der Waals surface area contributed by atoms with Crippen LogP contribution in [0.15, 0.2) is 53.5 Å². The van der Waals surface area contributed by atoms with Gasteiger partial charge in [-0.3, -0.25) is 19.6 Å². The fraction of sp³-hybridized carbons (Fsp3) is 0.308. The lowest BCUT2D eigenvalue weighted by Gasteiger charge is -2.39. The number of aromatic nitrogens is 4. The van der Waals surface area contributed by atoms with E-state index < -0.39 is 15.8 Å². The van der Waals surface area contributed by atoms with Crippen LogP contribution in [0, 0.1) is 6.92 Å². The summed E-state index contributed by atoms with van der Waals surface area (Å²) in [6.45, 7) is 3.17. The Morgan fingerprint density at radius 3 is 2.62 bits per heavy atom. The first kappa shape index (κ1) is 29.2. The Bertz CT molecular complexity index is 1670. The summed E-state index contributed by atoms with van der Waals surface area (Å²) in [6.07, 6.45) is 5.61. The van der Waals surface area contributed by atoms with Crippen LogP contribution in [0.25, 0.3) is 0 Å². The maximum Gasteiger partial charge on any atom is 0.253 e. The molecule has 1 aromatic carbocycles. The van der Waals surface area contributed by atoms with Crippen molar-refractivity contribution in [2.24, 2.45) is 0 Å². The number of carbonyl (C=O) groups excluding carboxylic acids is 2. The van der Waals surface area contributed by atoms with Gasteiger partial charge in [-0.25, -0.2) is 23.1 Å². The normalized spacial score (nSPS) is 17.2. The van der Waals surface area contributed by atoms with E-state index >= 15 is 0 Å². The van der Waals surface area contributed by atoms with Gasteiger partial charge in [0.1, 0.15) is 5.82 Å². The number of rotatable bonds is 7. The average Bonchev–Trinajstić information content (AvgIpc) is 3.36. The van der Waals surface area contributed by atoms with Crippen LogP contribution in [0.4, 0.5) is 11.6 Å². The van der Waals surface area contributed by atoms with E-state index in [0.717, 1.165) is 5.69 Å². The van der Waals surface area contributed by atoms with Crippen LogP contribution in [0.2, 0.25) is 5.15 Å². The fourth-order valence-corrected chi connectivity index (χ4v) is 5.90. The van der Waals surface area contributed by atoms with E-state index in [4.69, 9.17) is 23.1 Å². The SMILES string of the molecule is Cc1cnc(CNS(=O)(=O)c2cccc(C(=O)N3CCC4(CC3)CN/C(=C\C(=O)c3nc(Cl)c(N)nc3N)N4)c2)cn1. The summed E-state index contributed by atoms with van der Waals surface area (Å²) >= 11 is 5.89. The van der Waals surface area contributed by atoms with Crippen LogP contribution < -0.4 is 26.8 Å². The van der Waals surface area contributed by atoms with Gasteiger partial charge >= 0.3 is 0 Å². The number of allylic oxidation sites excluding steroid dienone is 1. The molecule has 2 saturated heterocycles. The van der Waals surface area contributed by atoms with Crippen LogP contribution in [-0.2, 0) is 16.6 Å². The number of nitrogens with two attached hydrogens (primary N) is 2. The predicted octanol–water partition coefficient (Wildman–Crippen LogP) is 0.763. The van der Waals surface area contributed by atoms with Crippen LogP contribution in [0.1, 0.15) is 45.1 Å². The number of amides is 1. The maximum atomic E-state index is 13.3. The molecule has 2 fully saturated rings. The number of aryl methyl sites for hydroxylation is 1. The molecule has 2 aromatic heterocycles. The van der Waals surface area contributed by atoms with E-state index in [2.05, 4.69) is 35.3 Å². The molecule has 5 rings (SSSR count). The number of ketones is 1. The Hall–Kier alpha value is -4.34. The summed E-state index contributed by atoms with van der Waals surface area (Å²) in [5.41, 5.74) is 12.4. The van der Waals surface area contributed by atoms with Gasteiger partial charge in [0.05, 0.1) is 34.6 Å². The highest BCUT2D eigenvalue weighted by Gasteiger charge is 2.40. The highest BCUT2D eigenvalue weighted by molar-refractivity contribution is 7.89. The van der Waals surface area contributed by atoms with Crippen molar-refractivity contribution in [1.82, 2.24) is 40.2 Å². The van der Waals surface area contributed by atoms with Crippen molar-refractivity contribution in [3.63, 3.8) is 0 Å². The second-order valence-corrected chi connectivity index (χ2v) is 12.2. The summed E-state index contributed by atoms with van der Waals surface area (Å²) < 4.78 is 28.3. The van der Waals surface area contributed by atoms with Crippen molar-refractivity contribution in [2.45, 2.75) is 36.7 Å². The van der Waals surface area contributed by atoms with Crippen molar-refractivity contribution < 1.29 is 18.0 Å². The van der Waals surface area contributed by atoms with E-state index in [-0.39, 0.29) is 50.9 Å². The maximum absolute atomic E-state index is 13.3. The number of sulfonamides is 1. The lowest BCUT2D eigenvalue weighted by molar-refractivity contribution is 0.0666. The molecule has 1 spiro atoms. The first-order chi connectivity index (χ1) is 19.9. The summed E-state index contributed by atoms with van der Waals surface area (Å²) in [4.78, 5) is 43.7. The molecule has 0 saturated carbocycles. The largest absolute Gasteiger partial charge is 0.382 e. The number of halogens is 1. The van der Waals surface area contributed by atoms with Gasteiger partial charge in [0.25, 0.3) is 5.91 Å². The molecular formula is C26H29ClN10O4S. The molecule has 14 nitrogen and oxygen atoms in total. The molecule has 3 aromatic rings. The van der Waals surface area contributed by atoms with Crippen LogP contribution in [-0.4, -0.2) is 70.1 Å². The minimum atomic E-state index is -3.89. The Kier molecular flexibility index (Phi) is 7.99. The van der Waals surface area contributed by atoms with Crippen molar-refractivity contribution in [1.29, 1.82) is 0 Å². The summed E-state index contributed by atoms with van der Waals surface area (Å²) in [5.74, 6) is -0.438. The van der Waals surface area contributed by atoms with Crippen LogP contribution in [0.5, 0.6) is 0 Å². The second-order valence-electron chi connectivity index (χ2n) is 10.1. The molecule has 2 aliphatic rings. The number of hydrogen-bond donors (Lipinski definition) is 5. The molecule has 1 amide bonds. The molecule has 7 N–H and O–H groups in total. The van der Waals surface area contributed by atoms with E-state index in [1.807, 2.05) is 0 Å². The van der Waals surface area contributed by atoms with Crippen molar-refractivity contribution in [3.05, 3.63) is 76.4 Å². The molecule has 0 aliphatic carbocycles. The van der Waals surface area contributed by atoms with Crippen molar-refractivity contribution in [2.75, 3.05) is 31.1 Å². The summed E-state index contributed by atoms with van der Waals surface area (Å²) in [6, 6.07) is 5.94. The highest BCUT2D eigenvalue weighted by Crippen LogP contribution is 2.28. The number of anilines is 2. The minimum Gasteiger partial charge on any atom is -0.382 e. The number of hydrogen-bond acceptors (Lipinski definition) is 12. The fourth-order valence-electron chi connectivity index (χ4n) is 4.73. The number of nitrogens with one attached hydrogen (secondary N) is 3. The van der Waals surface area contributed by atoms with Gasteiger partial charge in [-0.1, -0.05) is 17.7 Å². The Morgan fingerprint density at radius 2 is 1.90 bits per heavy atom. The quantitative estimate of drug-likeness (QED) is 0.185. The summed E-state index contributed by atoms with van der Waals surface area (Å²) in [5, 5.41) is 6.44. The molecular weight excluding hydrogens is 584 g/mol. The van der Waals surface area contributed by atoms with E-state index in [1.165, 1.54) is 24.4 Å². The molecule has 2 aliphatic heterocycles. The van der Waals surface area contributed by atoms with Gasteiger partial charge in [0.2, 0.25) is 15.8 Å². The van der Waals surface area contributed by atoms with Gasteiger partial charge in [0.15, 0.2) is 22.5 Å². The van der Waals surface area contributed by atoms with E-state index in [9.17, 15) is 18.0 Å². The molecule has 0 unspecified atom stereocenters. The molecule has 16 heteroatoms. The Balaban J connectivity index is 1.20. The molecule has 42 heavy (non-hydrogen) atoms. The van der Waals surface area contributed by atoms with Crippen molar-refractivity contribution in [3.8, 4) is 0 Å². The average molecular weight is 613 g/mol. The number of carbonyl (C=O) groups is 2. The second kappa shape index (κ2) is 11.5. The van der Waals surface area contributed by atoms with Gasteiger partial charge in [0, 0.05) is 37.5 Å². The van der Waals surface area contributed by atoms with Crippen LogP contribution in [0.3, 0.4) is 0 Å². The third-order valence-electron chi connectivity index (χ3n) is 7.11. The zero-order valence-corrected chi connectivity index (χ0v) is 24.2. The smallest absolute Gasteiger partial charge is 0.253 e. The van der Waals surface area contributed by atoms with E-state index in [0.29, 0.717) is 44.0 Å². The number of benzene rings is 1. The molecule has 220 valence electrons. The highest BCUT2D eigenvalue weighted by atomic mass is 35.5.